The highest BCUT2D eigenvalue weighted by molar-refractivity contribution is 5.99. The summed E-state index contributed by atoms with van der Waals surface area (Å²) in [6.45, 7) is 2.32. The Hall–Kier alpha value is -3.02. The lowest BCUT2D eigenvalue weighted by molar-refractivity contribution is -0.173. The third kappa shape index (κ3) is 3.54. The van der Waals surface area contributed by atoms with E-state index in [1.807, 2.05) is 48.6 Å². The number of esters is 1. The molecule has 28 heavy (non-hydrogen) atoms. The van der Waals surface area contributed by atoms with Gasteiger partial charge in [-0.1, -0.05) is 60.4 Å². The number of nitrogens with zero attached hydrogens (tertiary/aromatic N) is 2. The zero-order valence-electron chi connectivity index (χ0n) is 15.9. The van der Waals surface area contributed by atoms with Crippen LogP contribution in [0.1, 0.15) is 6.92 Å². The maximum atomic E-state index is 13.5. The molecule has 3 aliphatic rings. The second kappa shape index (κ2) is 8.78. The van der Waals surface area contributed by atoms with Crippen LogP contribution in [0.4, 0.5) is 0 Å². The number of carbonyl (C=O) groups excluding carboxylic acids is 2. The summed E-state index contributed by atoms with van der Waals surface area (Å²) in [7, 11) is 0. The summed E-state index contributed by atoms with van der Waals surface area (Å²) in [5, 5.41) is 0. The first-order chi connectivity index (χ1) is 13.6. The van der Waals surface area contributed by atoms with Crippen LogP contribution in [-0.4, -0.2) is 53.6 Å². The van der Waals surface area contributed by atoms with Crippen LogP contribution >= 0.6 is 0 Å². The predicted molar refractivity (Wildman–Crippen MR) is 107 cm³/mol. The van der Waals surface area contributed by atoms with E-state index in [0.717, 1.165) is 0 Å². The third-order valence-corrected chi connectivity index (χ3v) is 5.30. The molecule has 5 heteroatoms. The van der Waals surface area contributed by atoms with Crippen molar-refractivity contribution in [1.82, 2.24) is 9.80 Å². The van der Waals surface area contributed by atoms with Gasteiger partial charge in [0, 0.05) is 17.9 Å². The minimum atomic E-state index is -0.982. The number of hydrogen-bond donors (Lipinski definition) is 0. The molecular weight excluding hydrogens is 352 g/mol. The Bertz CT molecular complexity index is 800. The Morgan fingerprint density at radius 2 is 1.61 bits per heavy atom. The summed E-state index contributed by atoms with van der Waals surface area (Å²) in [6, 6.07) is -0.431. The average Bonchev–Trinajstić information content (AvgIpc) is 3.38. The number of carbonyl (C=O) groups is 2. The standard InChI is InChI=1S/C23H24N2O3/c1-4-15-24-20(17-11-7-8-12-17)19(23(27)28-6-3)22(26)25(16-5-2)21(24)18-13-9-10-14-18/h1-2,7-14,17-21H,6,15-16H2,3H3/t19-,20-,21+/m0/s1. The van der Waals surface area contributed by atoms with E-state index >= 15 is 0 Å². The Kier molecular flexibility index (Phi) is 6.19. The summed E-state index contributed by atoms with van der Waals surface area (Å²) >= 11 is 0. The fraction of sp³-hybridized carbons (Fsp3) is 0.391. The molecule has 3 atom stereocenters. The van der Waals surface area contributed by atoms with Crippen LogP contribution in [0.15, 0.2) is 48.6 Å². The average molecular weight is 376 g/mol. The Morgan fingerprint density at radius 1 is 1.04 bits per heavy atom. The van der Waals surface area contributed by atoms with Gasteiger partial charge in [0.05, 0.1) is 25.9 Å². The lowest BCUT2D eigenvalue weighted by Crippen LogP contribution is -2.69. The van der Waals surface area contributed by atoms with Gasteiger partial charge in [0.1, 0.15) is 0 Å². The van der Waals surface area contributed by atoms with Crippen molar-refractivity contribution in [3.8, 4) is 24.7 Å². The van der Waals surface area contributed by atoms with E-state index in [0.29, 0.717) is 0 Å². The largest absolute Gasteiger partial charge is 0.465 e. The first-order valence-electron chi connectivity index (χ1n) is 9.43. The van der Waals surface area contributed by atoms with Gasteiger partial charge < -0.3 is 9.64 Å². The molecule has 0 aromatic rings. The van der Waals surface area contributed by atoms with Crippen LogP contribution in [0.25, 0.3) is 0 Å². The molecule has 0 spiro atoms. The van der Waals surface area contributed by atoms with E-state index in [2.05, 4.69) is 16.7 Å². The molecule has 0 aromatic carbocycles. The maximum absolute atomic E-state index is 13.5. The van der Waals surface area contributed by atoms with Gasteiger partial charge in [0.25, 0.3) is 0 Å². The van der Waals surface area contributed by atoms with Gasteiger partial charge in [-0.25, -0.2) is 0 Å². The number of rotatable bonds is 6. The lowest BCUT2D eigenvalue weighted by atomic mass is 9.81. The molecule has 3 rings (SSSR count). The summed E-state index contributed by atoms with van der Waals surface area (Å²) in [4.78, 5) is 29.9. The van der Waals surface area contributed by atoms with Crippen molar-refractivity contribution in [2.24, 2.45) is 17.8 Å². The Labute approximate surface area is 166 Å². The molecular formula is C23H24N2O3. The SMILES string of the molecule is C#CCN1C(=O)[C@@H](C(=O)OCC)[C@H](C2C=CC=C2)N(CC#C)[C@H]1C1C=CC=C1. The number of allylic oxidation sites excluding steroid dienone is 4. The van der Waals surface area contributed by atoms with Crippen LogP contribution in [0.3, 0.4) is 0 Å². The molecule has 0 aromatic heterocycles. The molecule has 0 bridgehead atoms. The second-order valence-corrected chi connectivity index (χ2v) is 6.87. The van der Waals surface area contributed by atoms with Gasteiger partial charge >= 0.3 is 5.97 Å². The molecule has 1 amide bonds. The third-order valence-electron chi connectivity index (χ3n) is 5.30. The monoisotopic (exact) mass is 376 g/mol. The fourth-order valence-corrected chi connectivity index (χ4v) is 4.25. The predicted octanol–water partition coefficient (Wildman–Crippen LogP) is 1.76. The topological polar surface area (TPSA) is 49.9 Å². The van der Waals surface area contributed by atoms with E-state index in [9.17, 15) is 9.59 Å². The quantitative estimate of drug-likeness (QED) is 0.403. The Morgan fingerprint density at radius 3 is 2.14 bits per heavy atom. The van der Waals surface area contributed by atoms with Crippen LogP contribution in [-0.2, 0) is 14.3 Å². The van der Waals surface area contributed by atoms with Crippen molar-refractivity contribution in [2.45, 2.75) is 19.1 Å². The highest BCUT2D eigenvalue weighted by Gasteiger charge is 2.53. The molecule has 2 aliphatic carbocycles. The van der Waals surface area contributed by atoms with E-state index in [1.165, 1.54) is 0 Å². The minimum absolute atomic E-state index is 0.0503. The van der Waals surface area contributed by atoms with Gasteiger partial charge in [-0.3, -0.25) is 14.5 Å². The van der Waals surface area contributed by atoms with Crippen LogP contribution in [0, 0.1) is 42.4 Å². The van der Waals surface area contributed by atoms with Gasteiger partial charge in [-0.2, -0.15) is 0 Å². The molecule has 0 saturated carbocycles. The first kappa shape index (κ1) is 19.7. The summed E-state index contributed by atoms with van der Waals surface area (Å²) < 4.78 is 5.26. The van der Waals surface area contributed by atoms with Crippen molar-refractivity contribution in [1.29, 1.82) is 0 Å². The van der Waals surface area contributed by atoms with Crippen LogP contribution in [0.5, 0.6) is 0 Å². The zero-order chi connectivity index (χ0) is 20.1. The van der Waals surface area contributed by atoms with Crippen molar-refractivity contribution in [3.63, 3.8) is 0 Å². The first-order valence-corrected chi connectivity index (χ1v) is 9.43. The molecule has 1 aliphatic heterocycles. The van der Waals surface area contributed by atoms with Crippen LogP contribution < -0.4 is 0 Å². The summed E-state index contributed by atoms with van der Waals surface area (Å²) in [6.07, 6.45) is 26.6. The van der Waals surface area contributed by atoms with Gasteiger partial charge in [-0.05, 0) is 6.92 Å². The van der Waals surface area contributed by atoms with E-state index in [4.69, 9.17) is 17.6 Å². The Balaban J connectivity index is 2.10. The smallest absolute Gasteiger partial charge is 0.320 e. The number of amides is 1. The molecule has 1 heterocycles. The van der Waals surface area contributed by atoms with Gasteiger partial charge in [-0.15, -0.1) is 12.8 Å². The maximum Gasteiger partial charge on any atom is 0.320 e. The number of hydrogen-bond acceptors (Lipinski definition) is 4. The molecule has 1 saturated heterocycles. The van der Waals surface area contributed by atoms with Crippen molar-refractivity contribution >= 4 is 11.9 Å². The second-order valence-electron chi connectivity index (χ2n) is 6.87. The van der Waals surface area contributed by atoms with Crippen LogP contribution in [0.2, 0.25) is 0 Å². The van der Waals surface area contributed by atoms with Crippen molar-refractivity contribution < 1.29 is 14.3 Å². The summed E-state index contributed by atoms with van der Waals surface area (Å²) in [5.74, 6) is 3.27. The highest BCUT2D eigenvalue weighted by atomic mass is 16.5. The zero-order valence-corrected chi connectivity index (χ0v) is 15.9. The normalized spacial score (nSPS) is 27.3. The molecule has 0 unspecified atom stereocenters. The van der Waals surface area contributed by atoms with E-state index < -0.39 is 17.9 Å². The van der Waals surface area contributed by atoms with Gasteiger partial charge in [0.15, 0.2) is 5.92 Å². The van der Waals surface area contributed by atoms with E-state index in [1.54, 1.807) is 11.8 Å². The summed E-state index contributed by atoms with van der Waals surface area (Å²) in [5.41, 5.74) is 0. The molecule has 0 N–H and O–H groups in total. The molecule has 144 valence electrons. The minimum Gasteiger partial charge on any atom is -0.465 e. The molecule has 1 fully saturated rings. The van der Waals surface area contributed by atoms with E-state index in [-0.39, 0.29) is 43.6 Å². The van der Waals surface area contributed by atoms with Crippen molar-refractivity contribution in [3.05, 3.63) is 48.6 Å². The lowest BCUT2D eigenvalue weighted by Gasteiger charge is -2.52. The van der Waals surface area contributed by atoms with Crippen molar-refractivity contribution in [2.75, 3.05) is 19.7 Å². The fourth-order valence-electron chi connectivity index (χ4n) is 4.25. The number of terminal acetylenes is 2. The molecule has 0 radical (unpaired) electrons. The molecule has 5 nitrogen and oxygen atoms in total. The highest BCUT2D eigenvalue weighted by Crippen LogP contribution is 2.37. The number of ether oxygens (including phenoxy) is 1. The van der Waals surface area contributed by atoms with Gasteiger partial charge in [0.2, 0.25) is 5.91 Å².